The van der Waals surface area contributed by atoms with Gasteiger partial charge in [-0.25, -0.2) is 22.5 Å². The van der Waals surface area contributed by atoms with Gasteiger partial charge in [0.1, 0.15) is 22.4 Å². The van der Waals surface area contributed by atoms with Gasteiger partial charge in [0, 0.05) is 25.1 Å². The third-order valence-electron chi connectivity index (χ3n) is 5.42. The van der Waals surface area contributed by atoms with Crippen LogP contribution in [0.15, 0.2) is 6.07 Å². The van der Waals surface area contributed by atoms with Gasteiger partial charge in [-0.1, -0.05) is 18.5 Å². The van der Waals surface area contributed by atoms with Crippen molar-refractivity contribution < 1.29 is 27.0 Å². The molecule has 1 unspecified atom stereocenters. The van der Waals surface area contributed by atoms with E-state index in [-0.39, 0.29) is 45.8 Å². The zero-order chi connectivity index (χ0) is 26.6. The van der Waals surface area contributed by atoms with Gasteiger partial charge in [0.05, 0.1) is 23.9 Å². The third-order valence-corrected chi connectivity index (χ3v) is 5.81. The second kappa shape index (κ2) is 11.7. The molecule has 0 aliphatic rings. The number of fused-ring (bicyclic) bond motifs is 1. The van der Waals surface area contributed by atoms with Crippen LogP contribution in [0.25, 0.3) is 22.2 Å². The second-order valence-electron chi connectivity index (χ2n) is 7.94. The molecule has 0 aliphatic heterocycles. The van der Waals surface area contributed by atoms with E-state index in [1.54, 1.807) is 14.0 Å². The van der Waals surface area contributed by atoms with Crippen LogP contribution in [0, 0.1) is 11.6 Å². The topological polar surface area (TPSA) is 107 Å². The normalized spacial score (nSPS) is 12.3. The minimum atomic E-state index is -2.89. The van der Waals surface area contributed by atoms with Gasteiger partial charge in [-0.05, 0) is 32.0 Å². The van der Waals surface area contributed by atoms with Crippen molar-refractivity contribution in [2.24, 2.45) is 0 Å². The van der Waals surface area contributed by atoms with Gasteiger partial charge >= 0.3 is 6.01 Å². The molecular weight excluding hydrogens is 504 g/mol. The first-order chi connectivity index (χ1) is 17.1. The summed E-state index contributed by atoms with van der Waals surface area (Å²) < 4.78 is 68.3. The Morgan fingerprint density at radius 3 is 2.47 bits per heavy atom. The van der Waals surface area contributed by atoms with Crippen LogP contribution in [0.4, 0.5) is 29.1 Å². The lowest BCUT2D eigenvalue weighted by Crippen LogP contribution is -2.19. The molecule has 0 radical (unpaired) electrons. The molecule has 1 aromatic carbocycles. The molecule has 4 N–H and O–H groups in total. The van der Waals surface area contributed by atoms with Crippen molar-refractivity contribution in [1.82, 2.24) is 20.3 Å². The van der Waals surface area contributed by atoms with Gasteiger partial charge in [0.25, 0.3) is 0 Å². The summed E-state index contributed by atoms with van der Waals surface area (Å²) in [5.74, 6) is -1.91. The Hall–Kier alpha value is -3.12. The number of benzene rings is 1. The summed E-state index contributed by atoms with van der Waals surface area (Å²) in [4.78, 5) is 12.7. The molecule has 13 heteroatoms. The maximum absolute atomic E-state index is 16.1. The van der Waals surface area contributed by atoms with Crippen LogP contribution < -0.4 is 25.8 Å². The molecule has 3 aromatic rings. The highest BCUT2D eigenvalue weighted by atomic mass is 35.5. The van der Waals surface area contributed by atoms with Crippen LogP contribution in [-0.4, -0.2) is 54.7 Å². The molecule has 2 aromatic heterocycles. The van der Waals surface area contributed by atoms with E-state index in [0.29, 0.717) is 19.5 Å². The molecule has 8 nitrogen and oxygen atoms in total. The summed E-state index contributed by atoms with van der Waals surface area (Å²) in [5.41, 5.74) is 4.06. The Morgan fingerprint density at radius 2 is 1.86 bits per heavy atom. The zero-order valence-electron chi connectivity index (χ0n) is 20.2. The molecule has 0 bridgehead atoms. The molecule has 0 spiro atoms. The molecule has 2 heterocycles. The number of rotatable bonds is 11. The van der Waals surface area contributed by atoms with Gasteiger partial charge in [-0.15, -0.1) is 0 Å². The number of nitrogens with zero attached hydrogens (tertiary/aromatic N) is 3. The number of halogens is 5. The summed E-state index contributed by atoms with van der Waals surface area (Å²) in [5, 5.41) is 5.55. The average molecular weight is 531 g/mol. The van der Waals surface area contributed by atoms with Crippen molar-refractivity contribution in [1.29, 1.82) is 0 Å². The van der Waals surface area contributed by atoms with E-state index in [4.69, 9.17) is 26.8 Å². The Bertz CT molecular complexity index is 1250. The summed E-state index contributed by atoms with van der Waals surface area (Å²) in [6, 6.07) is 0.873. The molecular formula is C23H27ClF4N6O2. The molecule has 0 aliphatic carbocycles. The number of aromatic nitrogens is 3. The fourth-order valence-corrected chi connectivity index (χ4v) is 3.72. The number of pyridine rings is 1. The van der Waals surface area contributed by atoms with Gasteiger partial charge in [-0.2, -0.15) is 9.97 Å². The van der Waals surface area contributed by atoms with Crippen molar-refractivity contribution in [3.63, 3.8) is 0 Å². The van der Waals surface area contributed by atoms with Gasteiger partial charge in [0.2, 0.25) is 12.3 Å². The second-order valence-corrected chi connectivity index (χ2v) is 8.32. The van der Waals surface area contributed by atoms with Crippen LogP contribution >= 0.6 is 11.6 Å². The number of alkyl halides is 2. The summed E-state index contributed by atoms with van der Waals surface area (Å²) in [6.45, 7) is 4.64. The number of hydrogen-bond acceptors (Lipinski definition) is 8. The number of likely N-dealkylation sites (N-methyl/N-ethyl adjacent to an activating group) is 1. The molecule has 36 heavy (non-hydrogen) atoms. The highest BCUT2D eigenvalue weighted by Crippen LogP contribution is 2.41. The van der Waals surface area contributed by atoms with E-state index in [9.17, 15) is 13.2 Å². The van der Waals surface area contributed by atoms with Crippen molar-refractivity contribution in [2.75, 3.05) is 38.3 Å². The van der Waals surface area contributed by atoms with E-state index in [0.717, 1.165) is 6.07 Å². The fourth-order valence-electron chi connectivity index (χ4n) is 3.43. The highest BCUT2D eigenvalue weighted by Gasteiger charge is 2.28. The number of nitrogens with one attached hydrogen (secondary N) is 2. The fraction of sp³-hybridized carbons (Fsp3) is 0.435. The maximum atomic E-state index is 16.1. The van der Waals surface area contributed by atoms with Crippen LogP contribution in [-0.2, 0) is 6.42 Å². The van der Waals surface area contributed by atoms with Crippen molar-refractivity contribution in [2.45, 2.75) is 39.2 Å². The molecule has 0 saturated heterocycles. The van der Waals surface area contributed by atoms with Crippen molar-refractivity contribution >= 4 is 34.0 Å². The maximum Gasteiger partial charge on any atom is 0.318 e. The van der Waals surface area contributed by atoms with E-state index >= 15 is 4.39 Å². The molecule has 196 valence electrons. The minimum absolute atomic E-state index is 0.0487. The first-order valence-corrected chi connectivity index (χ1v) is 11.6. The molecule has 0 fully saturated rings. The van der Waals surface area contributed by atoms with Crippen LogP contribution in [0.2, 0.25) is 5.02 Å². The first-order valence-electron chi connectivity index (χ1n) is 11.2. The number of ether oxygens (including phenoxy) is 2. The van der Waals surface area contributed by atoms with Crippen LogP contribution in [0.3, 0.4) is 0 Å². The zero-order valence-corrected chi connectivity index (χ0v) is 20.9. The highest BCUT2D eigenvalue weighted by molar-refractivity contribution is 6.32. The van der Waals surface area contributed by atoms with E-state index in [1.807, 2.05) is 6.92 Å². The molecule has 3 rings (SSSR count). The molecule has 0 saturated carbocycles. The summed E-state index contributed by atoms with van der Waals surface area (Å²) >= 11 is 6.03. The van der Waals surface area contributed by atoms with Crippen molar-refractivity contribution in [3.05, 3.63) is 28.3 Å². The number of methoxy groups -OCH3 is 1. The predicted molar refractivity (Wildman–Crippen MR) is 131 cm³/mol. The lowest BCUT2D eigenvalue weighted by atomic mass is 9.99. The SMILES string of the molecule is CCC(C)Oc1nc(-c2cc(N)c(F)c(Cl)c2CC(F)F)c(F)c2nc(OC)nc(NCCNC)c12. The standard InChI is InChI=1S/C23H27ClF4N6O2/c1-5-10(2)36-22-15-20(33-23(35-4)34-21(15)31-7-6-30-3)18(28)19(32-22)12-8-13(29)17(27)16(24)11(12)9-14(25)26/h8,10,14,30H,5-7,9,29H2,1-4H3,(H,31,33,34). The van der Waals surface area contributed by atoms with Crippen LogP contribution in [0.5, 0.6) is 11.9 Å². The Morgan fingerprint density at radius 1 is 1.14 bits per heavy atom. The van der Waals surface area contributed by atoms with Gasteiger partial charge in [-0.3, -0.25) is 0 Å². The van der Waals surface area contributed by atoms with E-state index in [1.165, 1.54) is 7.11 Å². The lowest BCUT2D eigenvalue weighted by Gasteiger charge is -2.20. The first kappa shape index (κ1) is 27.5. The lowest BCUT2D eigenvalue weighted by molar-refractivity contribution is 0.149. The van der Waals surface area contributed by atoms with E-state index < -0.39 is 40.9 Å². The number of nitrogen functional groups attached to an aromatic ring is 1. The van der Waals surface area contributed by atoms with Crippen LogP contribution in [0.1, 0.15) is 25.8 Å². The predicted octanol–water partition coefficient (Wildman–Crippen LogP) is 4.83. The summed E-state index contributed by atoms with van der Waals surface area (Å²) in [7, 11) is 3.08. The number of hydrogen-bond donors (Lipinski definition) is 3. The largest absolute Gasteiger partial charge is 0.474 e. The summed E-state index contributed by atoms with van der Waals surface area (Å²) in [6.07, 6.45) is -3.61. The monoisotopic (exact) mass is 530 g/mol. The average Bonchev–Trinajstić information content (AvgIpc) is 2.85. The Balaban J connectivity index is 2.40. The Kier molecular flexibility index (Phi) is 8.96. The van der Waals surface area contributed by atoms with Gasteiger partial charge in [0.15, 0.2) is 11.6 Å². The number of nitrogens with two attached hydrogens (primary N) is 1. The minimum Gasteiger partial charge on any atom is -0.474 e. The van der Waals surface area contributed by atoms with Gasteiger partial charge < -0.3 is 25.8 Å². The smallest absolute Gasteiger partial charge is 0.318 e. The molecule has 1 atom stereocenters. The Labute approximate surface area is 210 Å². The molecule has 0 amide bonds. The van der Waals surface area contributed by atoms with Crippen molar-refractivity contribution in [3.8, 4) is 23.1 Å². The third kappa shape index (κ3) is 5.65. The quantitative estimate of drug-likeness (QED) is 0.184. The van der Waals surface area contributed by atoms with E-state index in [2.05, 4.69) is 25.6 Å². The number of anilines is 2.